The van der Waals surface area contributed by atoms with Gasteiger partial charge in [0, 0.05) is 62.1 Å². The summed E-state index contributed by atoms with van der Waals surface area (Å²) in [5.74, 6) is 0.758. The number of hydrogen-bond donors (Lipinski definition) is 1. The number of carbonyl (C=O) groups excluding carboxylic acids is 1. The molecule has 2 heterocycles. The van der Waals surface area contributed by atoms with E-state index in [9.17, 15) is 14.9 Å². The van der Waals surface area contributed by atoms with Gasteiger partial charge in [-0.15, -0.1) is 11.8 Å². The Hall–Kier alpha value is -2.72. The summed E-state index contributed by atoms with van der Waals surface area (Å²) in [6, 6.07) is 8.08. The molecule has 1 aromatic heterocycles. The van der Waals surface area contributed by atoms with Crippen LogP contribution in [0.15, 0.2) is 47.6 Å². The third kappa shape index (κ3) is 6.39. The predicted molar refractivity (Wildman–Crippen MR) is 117 cm³/mol. The normalized spacial score (nSPS) is 15.6. The lowest BCUT2D eigenvalue weighted by Crippen LogP contribution is -2.47. The molecule has 9 nitrogen and oxygen atoms in total. The van der Waals surface area contributed by atoms with Crippen molar-refractivity contribution in [3.63, 3.8) is 0 Å². The predicted octanol–water partition coefficient (Wildman–Crippen LogP) is 2.19. The van der Waals surface area contributed by atoms with E-state index < -0.39 is 4.92 Å². The van der Waals surface area contributed by atoms with Crippen LogP contribution in [0, 0.1) is 10.1 Å². The fourth-order valence-corrected chi connectivity index (χ4v) is 4.08. The Morgan fingerprint density at radius 1 is 1.20 bits per heavy atom. The molecule has 0 saturated carbocycles. The molecule has 10 heteroatoms. The van der Waals surface area contributed by atoms with Crippen LogP contribution in [-0.2, 0) is 4.79 Å². The number of piperazine rings is 1. The van der Waals surface area contributed by atoms with Gasteiger partial charge < -0.3 is 10.2 Å². The SMILES string of the molecule is CC(Sc1ccc([N+](=O)[O-])cc1)C(=O)NCCCN1CCN(c2ncccn2)CC1. The number of carbonyl (C=O) groups is 1. The number of hydrogen-bond acceptors (Lipinski definition) is 8. The third-order valence-electron chi connectivity index (χ3n) is 4.89. The Morgan fingerprint density at radius 2 is 1.87 bits per heavy atom. The molecule has 0 bridgehead atoms. The number of non-ortho nitro benzene ring substituents is 1. The second-order valence-corrected chi connectivity index (χ2v) is 8.45. The Labute approximate surface area is 180 Å². The van der Waals surface area contributed by atoms with E-state index in [-0.39, 0.29) is 16.8 Å². The van der Waals surface area contributed by atoms with E-state index in [0.717, 1.165) is 50.0 Å². The number of nitrogens with one attached hydrogen (secondary N) is 1. The Kier molecular flexibility index (Phi) is 7.97. The molecule has 0 aliphatic carbocycles. The van der Waals surface area contributed by atoms with E-state index in [0.29, 0.717) is 6.54 Å². The van der Waals surface area contributed by atoms with Gasteiger partial charge in [0.05, 0.1) is 10.2 Å². The summed E-state index contributed by atoms with van der Waals surface area (Å²) in [6.07, 6.45) is 4.42. The van der Waals surface area contributed by atoms with Gasteiger partial charge in [0.2, 0.25) is 11.9 Å². The first-order chi connectivity index (χ1) is 14.5. The molecule has 2 aromatic rings. The van der Waals surface area contributed by atoms with E-state index in [2.05, 4.69) is 25.1 Å². The molecule has 0 radical (unpaired) electrons. The van der Waals surface area contributed by atoms with Crippen LogP contribution in [0.4, 0.5) is 11.6 Å². The smallest absolute Gasteiger partial charge is 0.269 e. The van der Waals surface area contributed by atoms with Gasteiger partial charge in [0.25, 0.3) is 5.69 Å². The van der Waals surface area contributed by atoms with Crippen LogP contribution in [0.3, 0.4) is 0 Å². The standard InChI is InChI=1S/C20H26N6O3S/c1-16(30-18-6-4-17(5-7-18)26(28)29)19(27)21-10-3-11-24-12-14-25(15-13-24)20-22-8-2-9-23-20/h2,4-9,16H,3,10-15H2,1H3,(H,21,27). The maximum atomic E-state index is 12.3. The number of aromatic nitrogens is 2. The molecule has 160 valence electrons. The van der Waals surface area contributed by atoms with Crippen LogP contribution in [0.2, 0.25) is 0 Å². The largest absolute Gasteiger partial charge is 0.355 e. The van der Waals surface area contributed by atoms with Crippen LogP contribution in [0.5, 0.6) is 0 Å². The summed E-state index contributed by atoms with van der Waals surface area (Å²) >= 11 is 1.39. The van der Waals surface area contributed by atoms with Crippen LogP contribution in [0.25, 0.3) is 0 Å². The van der Waals surface area contributed by atoms with Gasteiger partial charge in [-0.3, -0.25) is 19.8 Å². The summed E-state index contributed by atoms with van der Waals surface area (Å²) in [4.78, 5) is 36.6. The zero-order chi connectivity index (χ0) is 21.3. The molecule has 30 heavy (non-hydrogen) atoms. The Bertz CT molecular complexity index is 828. The number of amides is 1. The molecular formula is C20H26N6O3S. The fourth-order valence-electron chi connectivity index (χ4n) is 3.19. The lowest BCUT2D eigenvalue weighted by atomic mass is 10.3. The monoisotopic (exact) mass is 430 g/mol. The van der Waals surface area contributed by atoms with Crippen LogP contribution in [-0.4, -0.2) is 70.2 Å². The summed E-state index contributed by atoms with van der Waals surface area (Å²) in [6.45, 7) is 7.13. The van der Waals surface area contributed by atoms with Gasteiger partial charge in [-0.25, -0.2) is 9.97 Å². The quantitative estimate of drug-likeness (QED) is 0.279. The highest BCUT2D eigenvalue weighted by atomic mass is 32.2. The van der Waals surface area contributed by atoms with Crippen molar-refractivity contribution in [3.8, 4) is 0 Å². The van der Waals surface area contributed by atoms with Crippen molar-refractivity contribution < 1.29 is 9.72 Å². The van der Waals surface area contributed by atoms with E-state index >= 15 is 0 Å². The molecule has 1 aliphatic rings. The van der Waals surface area contributed by atoms with Crippen LogP contribution in [0.1, 0.15) is 13.3 Å². The highest BCUT2D eigenvalue weighted by molar-refractivity contribution is 8.00. The number of nitro benzene ring substituents is 1. The minimum Gasteiger partial charge on any atom is -0.355 e. The molecule has 1 aromatic carbocycles. The van der Waals surface area contributed by atoms with Gasteiger partial charge in [-0.1, -0.05) is 0 Å². The number of thioether (sulfide) groups is 1. The van der Waals surface area contributed by atoms with Crippen molar-refractivity contribution in [2.24, 2.45) is 0 Å². The zero-order valence-corrected chi connectivity index (χ0v) is 17.8. The summed E-state index contributed by atoms with van der Waals surface area (Å²) in [5, 5.41) is 13.4. The lowest BCUT2D eigenvalue weighted by molar-refractivity contribution is -0.384. The highest BCUT2D eigenvalue weighted by Gasteiger charge is 2.19. The van der Waals surface area contributed by atoms with Gasteiger partial charge in [0.15, 0.2) is 0 Å². The van der Waals surface area contributed by atoms with Crippen LogP contribution >= 0.6 is 11.8 Å². The van der Waals surface area contributed by atoms with Gasteiger partial charge in [0.1, 0.15) is 0 Å². The first kappa shape index (κ1) is 22.0. The average Bonchev–Trinajstić information content (AvgIpc) is 2.78. The molecule has 3 rings (SSSR count). The van der Waals surface area contributed by atoms with Gasteiger partial charge >= 0.3 is 0 Å². The molecule has 1 N–H and O–H groups in total. The van der Waals surface area contributed by atoms with Gasteiger partial charge in [-0.05, 0) is 38.1 Å². The maximum absolute atomic E-state index is 12.3. The van der Waals surface area contributed by atoms with Crippen molar-refractivity contribution >= 4 is 29.3 Å². The Morgan fingerprint density at radius 3 is 2.50 bits per heavy atom. The minimum atomic E-state index is -0.431. The number of nitrogens with zero attached hydrogens (tertiary/aromatic N) is 5. The lowest BCUT2D eigenvalue weighted by Gasteiger charge is -2.34. The van der Waals surface area contributed by atoms with Crippen molar-refractivity contribution in [1.29, 1.82) is 0 Å². The number of nitro groups is 1. The summed E-state index contributed by atoms with van der Waals surface area (Å²) in [5.41, 5.74) is 0.0496. The summed E-state index contributed by atoms with van der Waals surface area (Å²) in [7, 11) is 0. The first-order valence-corrected chi connectivity index (χ1v) is 10.8. The minimum absolute atomic E-state index is 0.0237. The van der Waals surface area contributed by atoms with E-state index in [1.54, 1.807) is 24.5 Å². The van der Waals surface area contributed by atoms with Crippen molar-refractivity contribution in [2.45, 2.75) is 23.5 Å². The molecule has 1 saturated heterocycles. The van der Waals surface area contributed by atoms with Crippen molar-refractivity contribution in [3.05, 3.63) is 52.8 Å². The van der Waals surface area contributed by atoms with Crippen LogP contribution < -0.4 is 10.2 Å². The Balaban J connectivity index is 1.31. The molecule has 0 spiro atoms. The second kappa shape index (κ2) is 10.9. The molecular weight excluding hydrogens is 404 g/mol. The average molecular weight is 431 g/mol. The number of anilines is 1. The molecule has 1 fully saturated rings. The third-order valence-corrected chi connectivity index (χ3v) is 6.00. The maximum Gasteiger partial charge on any atom is 0.269 e. The molecule has 1 amide bonds. The van der Waals surface area contributed by atoms with Crippen molar-refractivity contribution in [2.75, 3.05) is 44.2 Å². The van der Waals surface area contributed by atoms with Crippen molar-refractivity contribution in [1.82, 2.24) is 20.2 Å². The number of rotatable bonds is 9. The highest BCUT2D eigenvalue weighted by Crippen LogP contribution is 2.25. The molecule has 1 aliphatic heterocycles. The fraction of sp³-hybridized carbons (Fsp3) is 0.450. The van der Waals surface area contributed by atoms with E-state index in [1.165, 1.54) is 23.9 Å². The van der Waals surface area contributed by atoms with Gasteiger partial charge in [-0.2, -0.15) is 0 Å². The molecule has 1 unspecified atom stereocenters. The molecule has 1 atom stereocenters. The topological polar surface area (TPSA) is 104 Å². The first-order valence-electron chi connectivity index (χ1n) is 9.96. The number of benzene rings is 1. The second-order valence-electron chi connectivity index (χ2n) is 7.03. The van der Waals surface area contributed by atoms with E-state index in [4.69, 9.17) is 0 Å². The van der Waals surface area contributed by atoms with E-state index in [1.807, 2.05) is 13.0 Å². The summed E-state index contributed by atoms with van der Waals surface area (Å²) < 4.78 is 0. The zero-order valence-electron chi connectivity index (χ0n) is 16.9.